The van der Waals surface area contributed by atoms with Gasteiger partial charge < -0.3 is 15.1 Å². The highest BCUT2D eigenvalue weighted by atomic mass is 15.2. The maximum absolute atomic E-state index is 3.60. The summed E-state index contributed by atoms with van der Waals surface area (Å²) in [5, 5.41) is 3.60. The van der Waals surface area contributed by atoms with Crippen LogP contribution in [0.15, 0.2) is 0 Å². The third-order valence-corrected chi connectivity index (χ3v) is 4.29. The average Bonchev–Trinajstić information content (AvgIpc) is 3.00. The second-order valence-corrected chi connectivity index (χ2v) is 5.90. The van der Waals surface area contributed by atoms with E-state index in [0.29, 0.717) is 6.04 Å². The fraction of sp³-hybridized carbons (Fsp3) is 1.00. The van der Waals surface area contributed by atoms with Crippen molar-refractivity contribution >= 4 is 0 Å². The SMILES string of the molecule is CC(CCNC1CC1)N(C)CCN1CCCC1. The largest absolute Gasteiger partial charge is 0.314 e. The summed E-state index contributed by atoms with van der Waals surface area (Å²) >= 11 is 0. The summed E-state index contributed by atoms with van der Waals surface area (Å²) in [6.45, 7) is 8.69. The molecular formula is C14H29N3. The number of hydrogen-bond donors (Lipinski definition) is 1. The number of likely N-dealkylation sites (N-methyl/N-ethyl adjacent to an activating group) is 1. The van der Waals surface area contributed by atoms with Crippen LogP contribution in [0.5, 0.6) is 0 Å². The standard InChI is InChI=1S/C14H29N3/c1-13(7-8-15-14-5-6-14)16(2)11-12-17-9-3-4-10-17/h13-15H,3-12H2,1-2H3. The highest BCUT2D eigenvalue weighted by Gasteiger charge is 2.20. The molecule has 1 saturated carbocycles. The van der Waals surface area contributed by atoms with E-state index in [1.165, 1.54) is 64.8 Å². The molecule has 1 atom stereocenters. The zero-order valence-corrected chi connectivity index (χ0v) is 11.6. The van der Waals surface area contributed by atoms with Gasteiger partial charge in [0.1, 0.15) is 0 Å². The summed E-state index contributed by atoms with van der Waals surface area (Å²) in [6.07, 6.45) is 6.90. The molecule has 1 aliphatic carbocycles. The lowest BCUT2D eigenvalue weighted by Crippen LogP contribution is -2.38. The summed E-state index contributed by atoms with van der Waals surface area (Å²) in [4.78, 5) is 5.12. The second kappa shape index (κ2) is 6.72. The number of hydrogen-bond acceptors (Lipinski definition) is 3. The maximum atomic E-state index is 3.60. The van der Waals surface area contributed by atoms with Gasteiger partial charge in [-0.25, -0.2) is 0 Å². The Morgan fingerprint density at radius 1 is 1.29 bits per heavy atom. The Hall–Kier alpha value is -0.120. The first kappa shape index (κ1) is 13.3. The van der Waals surface area contributed by atoms with E-state index in [0.717, 1.165) is 6.04 Å². The Morgan fingerprint density at radius 3 is 2.65 bits per heavy atom. The highest BCUT2D eigenvalue weighted by Crippen LogP contribution is 2.18. The summed E-state index contributed by atoms with van der Waals surface area (Å²) in [5.41, 5.74) is 0. The first-order valence-corrected chi connectivity index (χ1v) is 7.41. The van der Waals surface area contributed by atoms with Gasteiger partial charge in [-0.3, -0.25) is 0 Å². The van der Waals surface area contributed by atoms with Gasteiger partial charge in [-0.2, -0.15) is 0 Å². The first-order chi connectivity index (χ1) is 8.25. The molecule has 3 nitrogen and oxygen atoms in total. The molecular weight excluding hydrogens is 210 g/mol. The van der Waals surface area contributed by atoms with Crippen molar-refractivity contribution in [3.05, 3.63) is 0 Å². The van der Waals surface area contributed by atoms with Crippen molar-refractivity contribution < 1.29 is 0 Å². The Labute approximate surface area is 107 Å². The Bertz CT molecular complexity index is 210. The lowest BCUT2D eigenvalue weighted by molar-refractivity contribution is 0.207. The van der Waals surface area contributed by atoms with E-state index in [4.69, 9.17) is 0 Å². The zero-order chi connectivity index (χ0) is 12.1. The van der Waals surface area contributed by atoms with Gasteiger partial charge in [0.25, 0.3) is 0 Å². The quantitative estimate of drug-likeness (QED) is 0.693. The molecule has 3 heteroatoms. The van der Waals surface area contributed by atoms with Crippen LogP contribution >= 0.6 is 0 Å². The highest BCUT2D eigenvalue weighted by molar-refractivity contribution is 4.81. The van der Waals surface area contributed by atoms with Crippen molar-refractivity contribution in [1.82, 2.24) is 15.1 Å². The number of nitrogens with one attached hydrogen (secondary N) is 1. The lowest BCUT2D eigenvalue weighted by Gasteiger charge is -2.27. The summed E-state index contributed by atoms with van der Waals surface area (Å²) in [5.74, 6) is 0. The van der Waals surface area contributed by atoms with E-state index >= 15 is 0 Å². The van der Waals surface area contributed by atoms with Crippen LogP contribution < -0.4 is 5.32 Å². The van der Waals surface area contributed by atoms with Crippen LogP contribution in [-0.4, -0.2) is 61.7 Å². The van der Waals surface area contributed by atoms with Crippen LogP contribution in [-0.2, 0) is 0 Å². The molecule has 0 aromatic rings. The van der Waals surface area contributed by atoms with Gasteiger partial charge in [-0.15, -0.1) is 0 Å². The molecule has 0 radical (unpaired) electrons. The van der Waals surface area contributed by atoms with Gasteiger partial charge in [0, 0.05) is 25.2 Å². The molecule has 0 aromatic carbocycles. The molecule has 1 heterocycles. The monoisotopic (exact) mass is 239 g/mol. The van der Waals surface area contributed by atoms with Crippen LogP contribution in [0.3, 0.4) is 0 Å². The maximum Gasteiger partial charge on any atom is 0.0109 e. The smallest absolute Gasteiger partial charge is 0.0109 e. The minimum Gasteiger partial charge on any atom is -0.314 e. The number of nitrogens with zero attached hydrogens (tertiary/aromatic N) is 2. The minimum atomic E-state index is 0.712. The summed E-state index contributed by atoms with van der Waals surface area (Å²) < 4.78 is 0. The molecule has 1 unspecified atom stereocenters. The summed E-state index contributed by atoms with van der Waals surface area (Å²) in [6, 6.07) is 1.57. The third-order valence-electron chi connectivity index (χ3n) is 4.29. The molecule has 0 aromatic heterocycles. The minimum absolute atomic E-state index is 0.712. The fourth-order valence-corrected chi connectivity index (χ4v) is 2.53. The average molecular weight is 239 g/mol. The molecule has 0 bridgehead atoms. The zero-order valence-electron chi connectivity index (χ0n) is 11.6. The van der Waals surface area contributed by atoms with Gasteiger partial charge in [0.2, 0.25) is 0 Å². The van der Waals surface area contributed by atoms with E-state index in [1.54, 1.807) is 0 Å². The van der Waals surface area contributed by atoms with Crippen molar-refractivity contribution in [1.29, 1.82) is 0 Å². The van der Waals surface area contributed by atoms with Crippen molar-refractivity contribution in [3.63, 3.8) is 0 Å². The molecule has 0 spiro atoms. The van der Waals surface area contributed by atoms with Crippen molar-refractivity contribution in [2.45, 2.75) is 51.1 Å². The predicted octanol–water partition coefficient (Wildman–Crippen LogP) is 1.54. The van der Waals surface area contributed by atoms with Crippen LogP contribution in [0.4, 0.5) is 0 Å². The van der Waals surface area contributed by atoms with E-state index in [1.807, 2.05) is 0 Å². The molecule has 1 aliphatic heterocycles. The van der Waals surface area contributed by atoms with Crippen molar-refractivity contribution in [3.8, 4) is 0 Å². The molecule has 2 aliphatic rings. The fourth-order valence-electron chi connectivity index (χ4n) is 2.53. The second-order valence-electron chi connectivity index (χ2n) is 5.90. The molecule has 1 N–H and O–H groups in total. The first-order valence-electron chi connectivity index (χ1n) is 7.41. The lowest BCUT2D eigenvalue weighted by atomic mass is 10.2. The van der Waals surface area contributed by atoms with E-state index in [-0.39, 0.29) is 0 Å². The van der Waals surface area contributed by atoms with Crippen molar-refractivity contribution in [2.24, 2.45) is 0 Å². The van der Waals surface area contributed by atoms with Gasteiger partial charge in [-0.1, -0.05) is 0 Å². The molecule has 2 rings (SSSR count). The van der Waals surface area contributed by atoms with Gasteiger partial charge in [-0.05, 0) is 65.7 Å². The van der Waals surface area contributed by atoms with Gasteiger partial charge in [0.05, 0.1) is 0 Å². The van der Waals surface area contributed by atoms with E-state index < -0.39 is 0 Å². The van der Waals surface area contributed by atoms with Gasteiger partial charge in [0.15, 0.2) is 0 Å². The third kappa shape index (κ3) is 4.94. The van der Waals surface area contributed by atoms with E-state index in [9.17, 15) is 0 Å². The molecule has 2 fully saturated rings. The topological polar surface area (TPSA) is 18.5 Å². The number of rotatable bonds is 8. The van der Waals surface area contributed by atoms with Crippen LogP contribution in [0.25, 0.3) is 0 Å². The Balaban J connectivity index is 1.51. The van der Waals surface area contributed by atoms with Crippen LogP contribution in [0, 0.1) is 0 Å². The Morgan fingerprint density at radius 2 is 2.00 bits per heavy atom. The molecule has 0 amide bonds. The summed E-state index contributed by atoms with van der Waals surface area (Å²) in [7, 11) is 2.28. The van der Waals surface area contributed by atoms with Gasteiger partial charge >= 0.3 is 0 Å². The Kier molecular flexibility index (Phi) is 5.26. The van der Waals surface area contributed by atoms with Crippen molar-refractivity contribution in [2.75, 3.05) is 39.8 Å². The molecule has 17 heavy (non-hydrogen) atoms. The molecule has 1 saturated heterocycles. The molecule has 100 valence electrons. The van der Waals surface area contributed by atoms with Crippen LogP contribution in [0.2, 0.25) is 0 Å². The van der Waals surface area contributed by atoms with E-state index in [2.05, 4.69) is 29.1 Å². The predicted molar refractivity (Wildman–Crippen MR) is 73.4 cm³/mol. The number of likely N-dealkylation sites (tertiary alicyclic amines) is 1. The van der Waals surface area contributed by atoms with Crippen LogP contribution in [0.1, 0.15) is 39.0 Å². The normalized spacial score (nSPS) is 23.5.